The summed E-state index contributed by atoms with van der Waals surface area (Å²) >= 11 is 0. The molecule has 1 N–H and O–H groups in total. The molecule has 26 heavy (non-hydrogen) atoms. The highest BCUT2D eigenvalue weighted by molar-refractivity contribution is 6.09. The van der Waals surface area contributed by atoms with Crippen molar-refractivity contribution in [1.29, 1.82) is 0 Å². The lowest BCUT2D eigenvalue weighted by atomic mass is 9.63. The van der Waals surface area contributed by atoms with E-state index in [1.54, 1.807) is 31.4 Å². The van der Waals surface area contributed by atoms with Crippen LogP contribution in [0.25, 0.3) is 0 Å². The molecule has 0 radical (unpaired) electrons. The van der Waals surface area contributed by atoms with E-state index in [9.17, 15) is 14.4 Å². The zero-order chi connectivity index (χ0) is 18.0. The van der Waals surface area contributed by atoms with Crippen LogP contribution in [0.3, 0.4) is 0 Å². The Balaban J connectivity index is 1.30. The van der Waals surface area contributed by atoms with E-state index in [-0.39, 0.29) is 47.9 Å². The Morgan fingerprint density at radius 2 is 1.65 bits per heavy atom. The molecule has 0 spiro atoms. The van der Waals surface area contributed by atoms with E-state index in [1.807, 2.05) is 0 Å². The van der Waals surface area contributed by atoms with Gasteiger partial charge in [-0.2, -0.15) is 0 Å². The van der Waals surface area contributed by atoms with Crippen LogP contribution in [0.4, 0.5) is 5.69 Å². The van der Waals surface area contributed by atoms with Crippen LogP contribution in [0.1, 0.15) is 6.42 Å². The van der Waals surface area contributed by atoms with Crippen molar-refractivity contribution in [3.8, 4) is 5.75 Å². The summed E-state index contributed by atoms with van der Waals surface area (Å²) in [5.41, 5.74) is 0.607. The molecule has 6 nitrogen and oxygen atoms in total. The van der Waals surface area contributed by atoms with Crippen molar-refractivity contribution in [2.24, 2.45) is 35.5 Å². The van der Waals surface area contributed by atoms with Gasteiger partial charge in [-0.25, -0.2) is 0 Å². The number of amides is 3. The molecule has 6 rings (SSSR count). The third-order valence-corrected chi connectivity index (χ3v) is 6.43. The lowest BCUT2D eigenvalue weighted by Crippen LogP contribution is -2.40. The third kappa shape index (κ3) is 2.14. The van der Waals surface area contributed by atoms with Crippen molar-refractivity contribution in [2.75, 3.05) is 19.0 Å². The van der Waals surface area contributed by atoms with Gasteiger partial charge in [0, 0.05) is 5.69 Å². The smallest absolute Gasteiger partial charge is 0.244 e. The minimum Gasteiger partial charge on any atom is -0.497 e. The number of hydrogen-bond acceptors (Lipinski definition) is 4. The summed E-state index contributed by atoms with van der Waals surface area (Å²) < 4.78 is 5.09. The molecule has 3 amide bonds. The van der Waals surface area contributed by atoms with E-state index < -0.39 is 0 Å². The van der Waals surface area contributed by atoms with Crippen LogP contribution in [0, 0.1) is 35.5 Å². The monoisotopic (exact) mass is 352 g/mol. The Morgan fingerprint density at radius 1 is 1.08 bits per heavy atom. The van der Waals surface area contributed by atoms with Crippen molar-refractivity contribution in [1.82, 2.24) is 4.90 Å². The van der Waals surface area contributed by atoms with Crippen molar-refractivity contribution >= 4 is 23.4 Å². The van der Waals surface area contributed by atoms with Gasteiger partial charge in [0.15, 0.2) is 0 Å². The lowest BCUT2D eigenvalue weighted by molar-refractivity contribution is -0.142. The average Bonchev–Trinajstić information content (AvgIpc) is 3.43. The van der Waals surface area contributed by atoms with Gasteiger partial charge < -0.3 is 10.1 Å². The number of anilines is 1. The SMILES string of the molecule is COc1ccc(NC(=O)CN2C(=O)[C@H]3[C@@H]4C=C[C@@H]([C@H]5C[C@H]45)[C@@H]3C2=O)cc1. The number of ether oxygens (including phenoxy) is 1. The number of methoxy groups -OCH3 is 1. The molecule has 1 saturated heterocycles. The van der Waals surface area contributed by atoms with Crippen molar-refractivity contribution in [2.45, 2.75) is 6.42 Å². The van der Waals surface area contributed by atoms with Gasteiger partial charge in [-0.1, -0.05) is 12.2 Å². The van der Waals surface area contributed by atoms with Gasteiger partial charge in [0.1, 0.15) is 12.3 Å². The molecule has 0 aromatic heterocycles. The molecule has 6 atom stereocenters. The standard InChI is InChI=1S/C20H20N2O4/c1-26-11-4-2-10(3-5-11)21-16(23)9-22-19(24)17-12-6-7-13(15-8-14(12)15)18(17)20(22)25/h2-7,12-15,17-18H,8-9H2,1H3,(H,21,23)/t12-,13+,14-,15-,17+,18+/m1/s1. The highest BCUT2D eigenvalue weighted by Crippen LogP contribution is 2.65. The Kier molecular flexibility index (Phi) is 3.26. The van der Waals surface area contributed by atoms with Crippen molar-refractivity contribution < 1.29 is 19.1 Å². The summed E-state index contributed by atoms with van der Waals surface area (Å²) in [4.78, 5) is 39.2. The molecule has 1 aliphatic heterocycles. The predicted molar refractivity (Wildman–Crippen MR) is 93.0 cm³/mol. The fourth-order valence-electron chi connectivity index (χ4n) is 5.19. The summed E-state index contributed by atoms with van der Waals surface area (Å²) in [5, 5.41) is 2.74. The number of nitrogens with zero attached hydrogens (tertiary/aromatic N) is 1. The Hall–Kier alpha value is -2.63. The normalized spacial score (nSPS) is 36.0. The Bertz CT molecular complexity index is 795. The second kappa shape index (κ2) is 5.43. The van der Waals surface area contributed by atoms with Crippen LogP contribution >= 0.6 is 0 Å². The minimum atomic E-state index is -0.360. The van der Waals surface area contributed by atoms with Gasteiger partial charge in [0.05, 0.1) is 18.9 Å². The second-order valence-corrected chi connectivity index (χ2v) is 7.69. The average molecular weight is 352 g/mol. The number of imide groups is 1. The van der Waals surface area contributed by atoms with Crippen LogP contribution in [-0.2, 0) is 14.4 Å². The molecular weight excluding hydrogens is 332 g/mol. The van der Waals surface area contributed by atoms with Gasteiger partial charge in [-0.3, -0.25) is 19.3 Å². The number of hydrogen-bond donors (Lipinski definition) is 1. The number of carbonyl (C=O) groups excluding carboxylic acids is 3. The largest absolute Gasteiger partial charge is 0.497 e. The highest BCUT2D eigenvalue weighted by Gasteiger charge is 2.67. The molecule has 5 aliphatic rings. The maximum absolute atomic E-state index is 12.9. The molecule has 1 aromatic carbocycles. The summed E-state index contributed by atoms with van der Waals surface area (Å²) in [7, 11) is 1.57. The fraction of sp³-hybridized carbons (Fsp3) is 0.450. The molecule has 2 saturated carbocycles. The van der Waals surface area contributed by atoms with Crippen LogP contribution in [0.15, 0.2) is 36.4 Å². The number of rotatable bonds is 4. The molecular formula is C20H20N2O4. The first-order chi connectivity index (χ1) is 12.6. The fourth-order valence-corrected chi connectivity index (χ4v) is 5.19. The number of carbonyl (C=O) groups is 3. The number of likely N-dealkylation sites (tertiary alicyclic amines) is 1. The first-order valence-electron chi connectivity index (χ1n) is 9.06. The summed E-state index contributed by atoms with van der Waals surface area (Å²) in [6.45, 7) is -0.217. The molecule has 2 bridgehead atoms. The summed E-state index contributed by atoms with van der Waals surface area (Å²) in [5.74, 6) is 0.975. The second-order valence-electron chi connectivity index (χ2n) is 7.69. The quantitative estimate of drug-likeness (QED) is 0.661. The molecule has 1 heterocycles. The topological polar surface area (TPSA) is 75.7 Å². The molecule has 3 fully saturated rings. The summed E-state index contributed by atoms with van der Waals surface area (Å²) in [6, 6.07) is 6.93. The lowest BCUT2D eigenvalue weighted by Gasteiger charge is -2.37. The Labute approximate surface area is 151 Å². The molecule has 1 aromatic rings. The van der Waals surface area contributed by atoms with Gasteiger partial charge in [0.25, 0.3) is 0 Å². The van der Waals surface area contributed by atoms with E-state index in [1.165, 1.54) is 4.90 Å². The van der Waals surface area contributed by atoms with E-state index >= 15 is 0 Å². The summed E-state index contributed by atoms with van der Waals surface area (Å²) in [6.07, 6.45) is 5.39. The highest BCUT2D eigenvalue weighted by atomic mass is 16.5. The molecule has 134 valence electrons. The van der Waals surface area contributed by atoms with Crippen LogP contribution in [0.2, 0.25) is 0 Å². The molecule has 6 heteroatoms. The first-order valence-corrected chi connectivity index (χ1v) is 9.06. The number of nitrogens with one attached hydrogen (secondary N) is 1. The molecule has 4 aliphatic carbocycles. The Morgan fingerprint density at radius 3 is 2.19 bits per heavy atom. The van der Waals surface area contributed by atoms with E-state index in [2.05, 4.69) is 17.5 Å². The van der Waals surface area contributed by atoms with Crippen LogP contribution < -0.4 is 10.1 Å². The van der Waals surface area contributed by atoms with Gasteiger partial charge in [0.2, 0.25) is 17.7 Å². The zero-order valence-electron chi connectivity index (χ0n) is 14.4. The minimum absolute atomic E-state index is 0.172. The molecule has 0 unspecified atom stereocenters. The van der Waals surface area contributed by atoms with Gasteiger partial charge in [-0.05, 0) is 54.4 Å². The van der Waals surface area contributed by atoms with Gasteiger partial charge >= 0.3 is 0 Å². The maximum atomic E-state index is 12.9. The number of allylic oxidation sites excluding steroid dienone is 2. The van der Waals surface area contributed by atoms with E-state index in [0.29, 0.717) is 23.3 Å². The van der Waals surface area contributed by atoms with Crippen molar-refractivity contribution in [3.63, 3.8) is 0 Å². The van der Waals surface area contributed by atoms with Crippen LogP contribution in [-0.4, -0.2) is 36.3 Å². The van der Waals surface area contributed by atoms with Crippen molar-refractivity contribution in [3.05, 3.63) is 36.4 Å². The van der Waals surface area contributed by atoms with Gasteiger partial charge in [-0.15, -0.1) is 0 Å². The third-order valence-electron chi connectivity index (χ3n) is 6.43. The first kappa shape index (κ1) is 15.6. The van der Waals surface area contributed by atoms with Crippen LogP contribution in [0.5, 0.6) is 5.75 Å². The number of benzene rings is 1. The predicted octanol–water partition coefficient (Wildman–Crippen LogP) is 1.69. The van der Waals surface area contributed by atoms with E-state index in [4.69, 9.17) is 4.74 Å². The van der Waals surface area contributed by atoms with E-state index in [0.717, 1.165) is 6.42 Å². The maximum Gasteiger partial charge on any atom is 0.244 e. The zero-order valence-corrected chi connectivity index (χ0v) is 14.4.